The van der Waals surface area contributed by atoms with E-state index in [0.29, 0.717) is 5.75 Å². The third kappa shape index (κ3) is 3.66. The van der Waals surface area contributed by atoms with E-state index in [2.05, 4.69) is 0 Å². The van der Waals surface area contributed by atoms with Gasteiger partial charge < -0.3 is 34.6 Å². The fourth-order valence-electron chi connectivity index (χ4n) is 2.13. The topological polar surface area (TPSA) is 126 Å². The van der Waals surface area contributed by atoms with E-state index in [-0.39, 0.29) is 5.75 Å². The fourth-order valence-corrected chi connectivity index (χ4v) is 2.13. The second-order valence-electron chi connectivity index (χ2n) is 4.89. The van der Waals surface area contributed by atoms with Crippen LogP contribution < -0.4 is 4.74 Å². The summed E-state index contributed by atoms with van der Waals surface area (Å²) in [6, 6.07) is 5.67. The minimum absolute atomic E-state index is 0.0390. The number of aliphatic hydroxyl groups is 3. The Bertz CT molecular complexity index is 502. The van der Waals surface area contributed by atoms with Crippen LogP contribution in [0.5, 0.6) is 11.5 Å². The van der Waals surface area contributed by atoms with Crippen LogP contribution in [0.1, 0.15) is 6.92 Å². The van der Waals surface area contributed by atoms with Crippen molar-refractivity contribution in [3.05, 3.63) is 24.3 Å². The van der Waals surface area contributed by atoms with Gasteiger partial charge in [-0.3, -0.25) is 4.79 Å². The third-order valence-electron chi connectivity index (χ3n) is 3.22. The Morgan fingerprint density at radius 2 is 1.86 bits per heavy atom. The number of benzene rings is 1. The highest BCUT2D eigenvalue weighted by Gasteiger charge is 2.47. The average Bonchev–Trinajstić information content (AvgIpc) is 2.48. The van der Waals surface area contributed by atoms with Crippen LogP contribution in [0.2, 0.25) is 0 Å². The van der Waals surface area contributed by atoms with Crippen molar-refractivity contribution in [1.82, 2.24) is 0 Å². The lowest BCUT2D eigenvalue weighted by Gasteiger charge is -2.41. The first-order valence-electron chi connectivity index (χ1n) is 6.67. The maximum atomic E-state index is 11.1. The molecular formula is C14H18O8. The highest BCUT2D eigenvalue weighted by Crippen LogP contribution is 2.27. The highest BCUT2D eigenvalue weighted by atomic mass is 16.7. The van der Waals surface area contributed by atoms with Crippen LogP contribution >= 0.6 is 0 Å². The second-order valence-corrected chi connectivity index (χ2v) is 4.89. The van der Waals surface area contributed by atoms with Crippen molar-refractivity contribution in [2.24, 2.45) is 0 Å². The first-order valence-corrected chi connectivity index (χ1v) is 6.67. The number of hydrogen-bond donors (Lipinski definition) is 4. The lowest BCUT2D eigenvalue weighted by molar-refractivity contribution is -0.281. The van der Waals surface area contributed by atoms with E-state index in [4.69, 9.17) is 14.2 Å². The Balaban J connectivity index is 2.18. The molecule has 8 nitrogen and oxygen atoms in total. The summed E-state index contributed by atoms with van der Waals surface area (Å²) in [6.45, 7) is 0.606. The van der Waals surface area contributed by atoms with Gasteiger partial charge in [0.05, 0.1) is 6.61 Å². The van der Waals surface area contributed by atoms with Gasteiger partial charge in [-0.15, -0.1) is 0 Å². The number of rotatable bonds is 4. The summed E-state index contributed by atoms with van der Waals surface area (Å²) in [5, 5.41) is 38.3. The van der Waals surface area contributed by atoms with Gasteiger partial charge >= 0.3 is 5.97 Å². The van der Waals surface area contributed by atoms with E-state index in [9.17, 15) is 25.2 Å². The smallest absolute Gasteiger partial charge is 0.303 e. The van der Waals surface area contributed by atoms with Crippen molar-refractivity contribution in [3.63, 3.8) is 0 Å². The normalized spacial score (nSPS) is 31.5. The Hall–Kier alpha value is -1.87. The molecule has 0 aliphatic carbocycles. The van der Waals surface area contributed by atoms with Gasteiger partial charge in [-0.05, 0) is 24.3 Å². The summed E-state index contributed by atoms with van der Waals surface area (Å²) >= 11 is 0. The summed E-state index contributed by atoms with van der Waals surface area (Å²) in [6.07, 6.45) is -6.46. The molecule has 0 saturated carbocycles. The predicted molar refractivity (Wildman–Crippen MR) is 72.0 cm³/mol. The molecule has 0 spiro atoms. The van der Waals surface area contributed by atoms with Gasteiger partial charge in [-0.2, -0.15) is 0 Å². The van der Waals surface area contributed by atoms with Gasteiger partial charge in [0.25, 0.3) is 0 Å². The van der Waals surface area contributed by atoms with E-state index in [1.807, 2.05) is 0 Å². The molecule has 0 aromatic heterocycles. The Kier molecular flexibility index (Phi) is 5.19. The minimum atomic E-state index is -1.48. The van der Waals surface area contributed by atoms with E-state index in [1.54, 1.807) is 0 Å². The van der Waals surface area contributed by atoms with E-state index in [1.165, 1.54) is 24.3 Å². The van der Waals surface area contributed by atoms with Crippen molar-refractivity contribution in [2.75, 3.05) is 6.61 Å². The summed E-state index contributed by atoms with van der Waals surface area (Å²) in [5.41, 5.74) is 0. The minimum Gasteiger partial charge on any atom is -0.508 e. The van der Waals surface area contributed by atoms with E-state index < -0.39 is 43.3 Å². The van der Waals surface area contributed by atoms with Gasteiger partial charge in [0.15, 0.2) is 6.10 Å². The van der Waals surface area contributed by atoms with E-state index >= 15 is 0 Å². The molecule has 1 heterocycles. The molecule has 0 amide bonds. The molecule has 22 heavy (non-hydrogen) atoms. The second kappa shape index (κ2) is 6.93. The van der Waals surface area contributed by atoms with Crippen molar-refractivity contribution in [2.45, 2.75) is 37.6 Å². The number of carbonyl (C=O) groups is 1. The molecule has 122 valence electrons. The molecule has 4 N–H and O–H groups in total. The molecule has 2 rings (SSSR count). The highest BCUT2D eigenvalue weighted by molar-refractivity contribution is 5.66. The number of phenolic OH excluding ortho intramolecular Hbond substituents is 1. The van der Waals surface area contributed by atoms with Crippen molar-refractivity contribution in [3.8, 4) is 11.5 Å². The first kappa shape index (κ1) is 16.5. The number of carbonyl (C=O) groups excluding carboxylic acids is 1. The Morgan fingerprint density at radius 3 is 2.41 bits per heavy atom. The average molecular weight is 314 g/mol. The van der Waals surface area contributed by atoms with E-state index in [0.717, 1.165) is 6.92 Å². The first-order chi connectivity index (χ1) is 10.4. The molecule has 1 aliphatic heterocycles. The molecule has 1 aromatic carbocycles. The molecule has 0 radical (unpaired) electrons. The zero-order chi connectivity index (χ0) is 16.3. The molecule has 1 aliphatic rings. The van der Waals surface area contributed by atoms with Gasteiger partial charge in [0.2, 0.25) is 6.29 Å². The van der Waals surface area contributed by atoms with Crippen LogP contribution in [0.15, 0.2) is 24.3 Å². The van der Waals surface area contributed by atoms with Crippen LogP contribution in [0.25, 0.3) is 0 Å². The zero-order valence-corrected chi connectivity index (χ0v) is 11.8. The fraction of sp³-hybridized carbons (Fsp3) is 0.500. The van der Waals surface area contributed by atoms with Gasteiger partial charge in [0.1, 0.15) is 29.8 Å². The van der Waals surface area contributed by atoms with Crippen molar-refractivity contribution in [1.29, 1.82) is 0 Å². The molecular weight excluding hydrogens is 296 g/mol. The molecule has 1 fully saturated rings. The quantitative estimate of drug-likeness (QED) is 0.529. The number of phenols is 1. The summed E-state index contributed by atoms with van der Waals surface area (Å²) in [5.74, 6) is -0.348. The monoisotopic (exact) mass is 314 g/mol. The number of aromatic hydroxyl groups is 1. The lowest BCUT2D eigenvalue weighted by Crippen LogP contribution is -2.61. The van der Waals surface area contributed by atoms with Crippen LogP contribution in [0.3, 0.4) is 0 Å². The maximum Gasteiger partial charge on any atom is 0.303 e. The molecule has 0 unspecified atom stereocenters. The van der Waals surface area contributed by atoms with Crippen LogP contribution in [0.4, 0.5) is 0 Å². The predicted octanol–water partition coefficient (Wildman–Crippen LogP) is -0.858. The number of esters is 1. The number of hydrogen-bond acceptors (Lipinski definition) is 8. The largest absolute Gasteiger partial charge is 0.508 e. The molecule has 1 saturated heterocycles. The Labute approximate surface area is 126 Å². The summed E-state index contributed by atoms with van der Waals surface area (Å²) in [4.78, 5) is 11.1. The molecule has 0 bridgehead atoms. The molecule has 1 aromatic rings. The van der Waals surface area contributed by atoms with Gasteiger partial charge in [-0.25, -0.2) is 0 Å². The standard InChI is InChI=1S/C14H18O8/c1-7(16)20-13-12(19)11(18)10(6-15)22-14(13)21-9-4-2-8(17)3-5-9/h2-5,10-15,17-19H,6H2,1H3/t10-,11-,12+,13-,14-/m1/s1. The van der Waals surface area contributed by atoms with Crippen LogP contribution in [0, 0.1) is 0 Å². The number of ether oxygens (including phenoxy) is 3. The zero-order valence-electron chi connectivity index (χ0n) is 11.8. The SMILES string of the molecule is CC(=O)O[C@H]1[C@H](Oc2ccc(O)cc2)O[C@H](CO)[C@@H](O)[C@@H]1O. The van der Waals surface area contributed by atoms with Crippen LogP contribution in [-0.2, 0) is 14.3 Å². The number of aliphatic hydroxyl groups excluding tert-OH is 3. The van der Waals surface area contributed by atoms with Crippen molar-refractivity contribution < 1.29 is 39.4 Å². The van der Waals surface area contributed by atoms with Crippen molar-refractivity contribution >= 4 is 5.97 Å². The van der Waals surface area contributed by atoms with Gasteiger partial charge in [-0.1, -0.05) is 0 Å². The maximum absolute atomic E-state index is 11.1. The molecule has 8 heteroatoms. The molecule has 5 atom stereocenters. The van der Waals surface area contributed by atoms with Gasteiger partial charge in [0, 0.05) is 6.92 Å². The van der Waals surface area contributed by atoms with Crippen LogP contribution in [-0.4, -0.2) is 63.7 Å². The Morgan fingerprint density at radius 1 is 1.23 bits per heavy atom. The third-order valence-corrected chi connectivity index (χ3v) is 3.22. The summed E-state index contributed by atoms with van der Waals surface area (Å²) < 4.78 is 15.8. The lowest BCUT2D eigenvalue weighted by atomic mass is 9.99. The summed E-state index contributed by atoms with van der Waals surface area (Å²) in [7, 11) is 0.